The molecule has 1 nitrogen and oxygen atoms in total. The van der Waals surface area contributed by atoms with Crippen LogP contribution < -0.4 is 0 Å². The first-order chi connectivity index (χ1) is 8.25. The first-order valence-corrected chi connectivity index (χ1v) is 7.53. The molecule has 0 bridgehead atoms. The van der Waals surface area contributed by atoms with Crippen molar-refractivity contribution in [3.63, 3.8) is 0 Å². The molecule has 1 saturated heterocycles. The summed E-state index contributed by atoms with van der Waals surface area (Å²) in [5, 5.41) is 0. The van der Waals surface area contributed by atoms with Crippen LogP contribution in [0.5, 0.6) is 0 Å². The van der Waals surface area contributed by atoms with Gasteiger partial charge in [0, 0.05) is 10.5 Å². The Morgan fingerprint density at radius 2 is 2.00 bits per heavy atom. The van der Waals surface area contributed by atoms with Crippen LogP contribution in [-0.2, 0) is 6.42 Å². The van der Waals surface area contributed by atoms with E-state index in [1.165, 1.54) is 55.2 Å². The summed E-state index contributed by atoms with van der Waals surface area (Å²) in [5.41, 5.74) is 1.46. The van der Waals surface area contributed by atoms with Gasteiger partial charge in [-0.25, -0.2) is 0 Å². The van der Waals surface area contributed by atoms with Crippen molar-refractivity contribution >= 4 is 15.9 Å². The van der Waals surface area contributed by atoms with Crippen molar-refractivity contribution in [2.45, 2.75) is 45.1 Å². The van der Waals surface area contributed by atoms with Crippen LogP contribution in [0.4, 0.5) is 0 Å². The second-order valence-electron chi connectivity index (χ2n) is 5.11. The van der Waals surface area contributed by atoms with E-state index in [4.69, 9.17) is 0 Å². The molecule has 0 aromatic heterocycles. The minimum absolute atomic E-state index is 0.800. The third-order valence-corrected chi connectivity index (χ3v) is 4.29. The van der Waals surface area contributed by atoms with Crippen LogP contribution in [0.2, 0.25) is 0 Å². The number of likely N-dealkylation sites (tertiary alicyclic amines) is 1. The third-order valence-electron chi connectivity index (χ3n) is 3.76. The quantitative estimate of drug-likeness (QED) is 0.802. The summed E-state index contributed by atoms with van der Waals surface area (Å²) in [7, 11) is 0. The molecule has 1 aliphatic heterocycles. The molecule has 1 aromatic rings. The fraction of sp³-hybridized carbons (Fsp3) is 0.600. The van der Waals surface area contributed by atoms with Crippen molar-refractivity contribution in [3.8, 4) is 0 Å². The number of benzene rings is 1. The van der Waals surface area contributed by atoms with Crippen molar-refractivity contribution in [3.05, 3.63) is 34.3 Å². The lowest BCUT2D eigenvalue weighted by Gasteiger charge is -2.33. The first-order valence-electron chi connectivity index (χ1n) is 6.74. The second-order valence-corrected chi connectivity index (χ2v) is 6.03. The molecule has 0 saturated carbocycles. The number of halogens is 1. The molecule has 2 rings (SSSR count). The van der Waals surface area contributed by atoms with Gasteiger partial charge in [0.15, 0.2) is 0 Å². The second kappa shape index (κ2) is 6.55. The Morgan fingerprint density at radius 3 is 2.71 bits per heavy atom. The van der Waals surface area contributed by atoms with Crippen molar-refractivity contribution in [1.29, 1.82) is 0 Å². The minimum atomic E-state index is 0.800. The number of nitrogens with zero attached hydrogens (tertiary/aromatic N) is 1. The van der Waals surface area contributed by atoms with Crippen LogP contribution in [-0.4, -0.2) is 24.0 Å². The third kappa shape index (κ3) is 4.11. The van der Waals surface area contributed by atoms with E-state index in [9.17, 15) is 0 Å². The van der Waals surface area contributed by atoms with E-state index >= 15 is 0 Å². The largest absolute Gasteiger partial charge is 0.301 e. The Kier molecular flexibility index (Phi) is 5.05. The van der Waals surface area contributed by atoms with Crippen molar-refractivity contribution in [1.82, 2.24) is 4.90 Å². The van der Waals surface area contributed by atoms with Crippen LogP contribution in [0.3, 0.4) is 0 Å². The van der Waals surface area contributed by atoms with Crippen molar-refractivity contribution in [2.75, 3.05) is 13.1 Å². The van der Waals surface area contributed by atoms with Gasteiger partial charge in [-0.15, -0.1) is 0 Å². The Labute approximate surface area is 113 Å². The molecule has 0 spiro atoms. The lowest BCUT2D eigenvalue weighted by molar-refractivity contribution is 0.159. The molecule has 1 fully saturated rings. The van der Waals surface area contributed by atoms with Gasteiger partial charge in [-0.05, 0) is 63.4 Å². The van der Waals surface area contributed by atoms with Gasteiger partial charge < -0.3 is 4.90 Å². The summed E-state index contributed by atoms with van der Waals surface area (Å²) in [6, 6.07) is 9.53. The molecular formula is C15H22BrN. The van der Waals surface area contributed by atoms with Crippen LogP contribution in [0.25, 0.3) is 0 Å². The lowest BCUT2D eigenvalue weighted by Crippen LogP contribution is -2.38. The number of aryl methyl sites for hydroxylation is 1. The topological polar surface area (TPSA) is 3.24 Å². The normalized spacial score (nSPS) is 21.6. The summed E-state index contributed by atoms with van der Waals surface area (Å²) in [4.78, 5) is 2.66. The lowest BCUT2D eigenvalue weighted by atomic mass is 10.0. The number of hydrogen-bond acceptors (Lipinski definition) is 1. The minimum Gasteiger partial charge on any atom is -0.301 e. The predicted octanol–water partition coefficient (Wildman–Crippen LogP) is 4.26. The Bertz CT molecular complexity index is 333. The van der Waals surface area contributed by atoms with Gasteiger partial charge in [-0.3, -0.25) is 0 Å². The van der Waals surface area contributed by atoms with Gasteiger partial charge in [0.2, 0.25) is 0 Å². The average Bonchev–Trinajstić information content (AvgIpc) is 2.34. The molecule has 1 atom stereocenters. The van der Waals surface area contributed by atoms with Crippen LogP contribution in [0, 0.1) is 0 Å². The zero-order valence-corrected chi connectivity index (χ0v) is 12.2. The molecule has 0 aliphatic carbocycles. The Balaban J connectivity index is 1.73. The standard InChI is InChI=1S/C15H22BrN/c1-13-5-2-3-11-17(13)12-4-6-14-7-9-15(16)10-8-14/h7-10,13H,2-6,11-12H2,1H3. The van der Waals surface area contributed by atoms with E-state index < -0.39 is 0 Å². The van der Waals surface area contributed by atoms with Crippen LogP contribution in [0.1, 0.15) is 38.2 Å². The van der Waals surface area contributed by atoms with E-state index in [1.54, 1.807) is 0 Å². The van der Waals surface area contributed by atoms with Crippen LogP contribution >= 0.6 is 15.9 Å². The molecule has 0 radical (unpaired) electrons. The highest BCUT2D eigenvalue weighted by Gasteiger charge is 2.16. The molecule has 0 N–H and O–H groups in total. The molecule has 1 aliphatic rings. The summed E-state index contributed by atoms with van der Waals surface area (Å²) in [6.07, 6.45) is 6.69. The average molecular weight is 296 g/mol. The number of rotatable bonds is 4. The SMILES string of the molecule is CC1CCCCN1CCCc1ccc(Br)cc1. The molecule has 1 aromatic carbocycles. The summed E-state index contributed by atoms with van der Waals surface area (Å²) in [6.45, 7) is 4.94. The molecule has 0 amide bonds. The van der Waals surface area contributed by atoms with E-state index in [0.29, 0.717) is 0 Å². The Morgan fingerprint density at radius 1 is 1.24 bits per heavy atom. The molecule has 94 valence electrons. The zero-order chi connectivity index (χ0) is 12.1. The zero-order valence-electron chi connectivity index (χ0n) is 10.7. The monoisotopic (exact) mass is 295 g/mol. The number of hydrogen-bond donors (Lipinski definition) is 0. The van der Waals surface area contributed by atoms with E-state index in [1.807, 2.05) is 0 Å². The summed E-state index contributed by atoms with van der Waals surface area (Å²) >= 11 is 3.48. The number of piperidine rings is 1. The maximum atomic E-state index is 3.48. The molecular weight excluding hydrogens is 274 g/mol. The first kappa shape index (κ1) is 13.1. The van der Waals surface area contributed by atoms with E-state index in [0.717, 1.165) is 6.04 Å². The predicted molar refractivity (Wildman–Crippen MR) is 77.3 cm³/mol. The van der Waals surface area contributed by atoms with Gasteiger partial charge >= 0.3 is 0 Å². The van der Waals surface area contributed by atoms with Gasteiger partial charge in [0.25, 0.3) is 0 Å². The van der Waals surface area contributed by atoms with Gasteiger partial charge in [-0.2, -0.15) is 0 Å². The van der Waals surface area contributed by atoms with Crippen molar-refractivity contribution < 1.29 is 0 Å². The Hall–Kier alpha value is -0.340. The maximum Gasteiger partial charge on any atom is 0.0175 e. The highest BCUT2D eigenvalue weighted by atomic mass is 79.9. The fourth-order valence-corrected chi connectivity index (χ4v) is 2.89. The summed E-state index contributed by atoms with van der Waals surface area (Å²) < 4.78 is 1.17. The summed E-state index contributed by atoms with van der Waals surface area (Å²) in [5.74, 6) is 0. The highest BCUT2D eigenvalue weighted by Crippen LogP contribution is 2.17. The van der Waals surface area contributed by atoms with E-state index in [-0.39, 0.29) is 0 Å². The smallest absolute Gasteiger partial charge is 0.0175 e. The molecule has 1 heterocycles. The van der Waals surface area contributed by atoms with Gasteiger partial charge in [0.05, 0.1) is 0 Å². The van der Waals surface area contributed by atoms with E-state index in [2.05, 4.69) is 52.0 Å². The van der Waals surface area contributed by atoms with Crippen molar-refractivity contribution in [2.24, 2.45) is 0 Å². The maximum absolute atomic E-state index is 3.48. The fourth-order valence-electron chi connectivity index (χ4n) is 2.63. The molecule has 1 unspecified atom stereocenters. The highest BCUT2D eigenvalue weighted by molar-refractivity contribution is 9.10. The molecule has 2 heteroatoms. The van der Waals surface area contributed by atoms with Gasteiger partial charge in [-0.1, -0.05) is 34.5 Å². The molecule has 17 heavy (non-hydrogen) atoms. The van der Waals surface area contributed by atoms with Crippen LogP contribution in [0.15, 0.2) is 28.7 Å². The van der Waals surface area contributed by atoms with Gasteiger partial charge in [0.1, 0.15) is 0 Å².